The fourth-order valence-electron chi connectivity index (χ4n) is 2.90. The number of imidazole rings is 1. The molecule has 1 heterocycles. The highest BCUT2D eigenvalue weighted by molar-refractivity contribution is 5.98. The first-order valence-electron chi connectivity index (χ1n) is 7.71. The summed E-state index contributed by atoms with van der Waals surface area (Å²) >= 11 is 0. The van der Waals surface area contributed by atoms with E-state index in [4.69, 9.17) is 0 Å². The SMILES string of the molecule is O=C(O)c1[nH]c(-c2cccc3ccccc23)nc1-c1ccc(F)cc1. The molecule has 0 radical (unpaired) electrons. The lowest BCUT2D eigenvalue weighted by molar-refractivity contribution is 0.0692. The Balaban J connectivity index is 1.93. The molecule has 0 fully saturated rings. The van der Waals surface area contributed by atoms with Crippen molar-refractivity contribution in [2.45, 2.75) is 0 Å². The average molecular weight is 332 g/mol. The maximum atomic E-state index is 13.2. The zero-order chi connectivity index (χ0) is 17.4. The summed E-state index contributed by atoms with van der Waals surface area (Å²) in [6.07, 6.45) is 0. The number of aromatic amines is 1. The number of hydrogen-bond acceptors (Lipinski definition) is 2. The van der Waals surface area contributed by atoms with E-state index in [-0.39, 0.29) is 17.2 Å². The van der Waals surface area contributed by atoms with Crippen LogP contribution in [-0.4, -0.2) is 21.0 Å². The molecular formula is C20H13FN2O2. The monoisotopic (exact) mass is 332 g/mol. The van der Waals surface area contributed by atoms with Crippen molar-refractivity contribution in [1.82, 2.24) is 9.97 Å². The predicted molar refractivity (Wildman–Crippen MR) is 93.9 cm³/mol. The minimum atomic E-state index is -1.11. The van der Waals surface area contributed by atoms with Crippen molar-refractivity contribution < 1.29 is 14.3 Å². The topological polar surface area (TPSA) is 66.0 Å². The summed E-state index contributed by atoms with van der Waals surface area (Å²) in [5.74, 6) is -1.03. The molecule has 25 heavy (non-hydrogen) atoms. The Hall–Kier alpha value is -3.47. The lowest BCUT2D eigenvalue weighted by Crippen LogP contribution is -1.99. The van der Waals surface area contributed by atoms with E-state index in [1.54, 1.807) is 0 Å². The first-order valence-corrected chi connectivity index (χ1v) is 7.71. The zero-order valence-electron chi connectivity index (χ0n) is 13.0. The van der Waals surface area contributed by atoms with Crippen LogP contribution < -0.4 is 0 Å². The van der Waals surface area contributed by atoms with E-state index in [1.807, 2.05) is 42.5 Å². The Bertz CT molecular complexity index is 1080. The summed E-state index contributed by atoms with van der Waals surface area (Å²) in [5, 5.41) is 11.5. The fourth-order valence-corrected chi connectivity index (χ4v) is 2.90. The van der Waals surface area contributed by atoms with Crippen molar-refractivity contribution in [1.29, 1.82) is 0 Å². The summed E-state index contributed by atoms with van der Waals surface area (Å²) in [6.45, 7) is 0. The van der Waals surface area contributed by atoms with Crippen LogP contribution in [0.5, 0.6) is 0 Å². The van der Waals surface area contributed by atoms with Gasteiger partial charge in [-0.2, -0.15) is 0 Å². The minimum absolute atomic E-state index is 0.0189. The van der Waals surface area contributed by atoms with Crippen LogP contribution in [0.1, 0.15) is 10.5 Å². The predicted octanol–water partition coefficient (Wildman–Crippen LogP) is 4.73. The van der Waals surface area contributed by atoms with E-state index in [1.165, 1.54) is 24.3 Å². The number of aromatic nitrogens is 2. The minimum Gasteiger partial charge on any atom is -0.477 e. The summed E-state index contributed by atoms with van der Waals surface area (Å²) in [6, 6.07) is 19.2. The first-order chi connectivity index (χ1) is 12.1. The lowest BCUT2D eigenvalue weighted by atomic mass is 10.0. The van der Waals surface area contributed by atoms with Gasteiger partial charge in [0.25, 0.3) is 0 Å². The Kier molecular flexibility index (Phi) is 3.54. The van der Waals surface area contributed by atoms with Gasteiger partial charge >= 0.3 is 5.97 Å². The maximum Gasteiger partial charge on any atom is 0.354 e. The van der Waals surface area contributed by atoms with Crippen molar-refractivity contribution >= 4 is 16.7 Å². The van der Waals surface area contributed by atoms with Crippen LogP contribution in [0.3, 0.4) is 0 Å². The normalized spacial score (nSPS) is 10.9. The molecule has 0 amide bonds. The molecule has 0 aliphatic rings. The van der Waals surface area contributed by atoms with Crippen molar-refractivity contribution in [2.24, 2.45) is 0 Å². The van der Waals surface area contributed by atoms with E-state index < -0.39 is 5.97 Å². The molecule has 0 spiro atoms. The van der Waals surface area contributed by atoms with Gasteiger partial charge in [-0.25, -0.2) is 14.2 Å². The van der Waals surface area contributed by atoms with Gasteiger partial charge < -0.3 is 10.1 Å². The number of fused-ring (bicyclic) bond motifs is 1. The quantitative estimate of drug-likeness (QED) is 0.570. The van der Waals surface area contributed by atoms with Crippen molar-refractivity contribution in [3.8, 4) is 22.6 Å². The largest absolute Gasteiger partial charge is 0.477 e. The van der Waals surface area contributed by atoms with E-state index >= 15 is 0 Å². The third-order valence-electron chi connectivity index (χ3n) is 4.08. The van der Waals surface area contributed by atoms with Gasteiger partial charge in [-0.1, -0.05) is 42.5 Å². The van der Waals surface area contributed by atoms with Crippen LogP contribution in [0.2, 0.25) is 0 Å². The molecule has 2 N–H and O–H groups in total. The second kappa shape index (κ2) is 5.87. The number of aromatic carboxylic acids is 1. The maximum absolute atomic E-state index is 13.2. The molecule has 122 valence electrons. The Morgan fingerprint density at radius 1 is 0.960 bits per heavy atom. The van der Waals surface area contributed by atoms with Crippen LogP contribution in [-0.2, 0) is 0 Å². The second-order valence-corrected chi connectivity index (χ2v) is 5.65. The van der Waals surface area contributed by atoms with E-state index in [0.29, 0.717) is 11.4 Å². The lowest BCUT2D eigenvalue weighted by Gasteiger charge is -2.03. The van der Waals surface area contributed by atoms with E-state index in [0.717, 1.165) is 16.3 Å². The Morgan fingerprint density at radius 2 is 1.68 bits per heavy atom. The molecule has 1 aromatic heterocycles. The van der Waals surface area contributed by atoms with Gasteiger partial charge in [0, 0.05) is 11.1 Å². The molecular weight excluding hydrogens is 319 g/mol. The molecule has 0 aliphatic carbocycles. The van der Waals surface area contributed by atoms with Gasteiger partial charge in [0.2, 0.25) is 0 Å². The second-order valence-electron chi connectivity index (χ2n) is 5.65. The number of H-pyrrole nitrogens is 1. The molecule has 0 saturated heterocycles. The Morgan fingerprint density at radius 3 is 2.44 bits per heavy atom. The van der Waals surface area contributed by atoms with Gasteiger partial charge in [0.05, 0.1) is 0 Å². The highest BCUT2D eigenvalue weighted by Crippen LogP contribution is 2.30. The summed E-state index contributed by atoms with van der Waals surface area (Å²) < 4.78 is 13.2. The third kappa shape index (κ3) is 2.65. The molecule has 0 saturated carbocycles. The number of halogens is 1. The van der Waals surface area contributed by atoms with Gasteiger partial charge in [0.15, 0.2) is 5.69 Å². The molecule has 0 unspecified atom stereocenters. The van der Waals surface area contributed by atoms with Gasteiger partial charge in [0.1, 0.15) is 17.3 Å². The zero-order valence-corrected chi connectivity index (χ0v) is 13.0. The Labute approximate surface area is 142 Å². The summed E-state index contributed by atoms with van der Waals surface area (Å²) in [4.78, 5) is 19.0. The smallest absolute Gasteiger partial charge is 0.354 e. The van der Waals surface area contributed by atoms with Gasteiger partial charge in [-0.05, 0) is 35.0 Å². The molecule has 5 heteroatoms. The summed E-state index contributed by atoms with van der Waals surface area (Å²) in [5.41, 5.74) is 1.63. The highest BCUT2D eigenvalue weighted by atomic mass is 19.1. The number of carboxylic acid groups (broad SMARTS) is 1. The third-order valence-corrected chi connectivity index (χ3v) is 4.08. The number of hydrogen-bond donors (Lipinski definition) is 2. The van der Waals surface area contributed by atoms with Crippen LogP contribution >= 0.6 is 0 Å². The molecule has 4 rings (SSSR count). The molecule has 0 bridgehead atoms. The van der Waals surface area contributed by atoms with Crippen LogP contribution in [0.15, 0.2) is 66.7 Å². The number of nitrogens with one attached hydrogen (secondary N) is 1. The van der Waals surface area contributed by atoms with Crippen molar-refractivity contribution in [2.75, 3.05) is 0 Å². The highest BCUT2D eigenvalue weighted by Gasteiger charge is 2.19. The molecule has 0 aliphatic heterocycles. The number of carboxylic acids is 1. The van der Waals surface area contributed by atoms with Gasteiger partial charge in [-0.3, -0.25) is 0 Å². The molecule has 0 atom stereocenters. The van der Waals surface area contributed by atoms with Crippen LogP contribution in [0, 0.1) is 5.82 Å². The average Bonchev–Trinajstić information content (AvgIpc) is 3.07. The summed E-state index contributed by atoms with van der Waals surface area (Å²) in [7, 11) is 0. The van der Waals surface area contributed by atoms with Crippen LogP contribution in [0.4, 0.5) is 4.39 Å². The van der Waals surface area contributed by atoms with Crippen molar-refractivity contribution in [3.05, 3.63) is 78.2 Å². The van der Waals surface area contributed by atoms with Crippen LogP contribution in [0.25, 0.3) is 33.4 Å². The first kappa shape index (κ1) is 15.1. The molecule has 4 nitrogen and oxygen atoms in total. The van der Waals surface area contributed by atoms with E-state index in [2.05, 4.69) is 9.97 Å². The molecule has 4 aromatic rings. The number of carbonyl (C=O) groups is 1. The van der Waals surface area contributed by atoms with Gasteiger partial charge in [-0.15, -0.1) is 0 Å². The van der Waals surface area contributed by atoms with Crippen molar-refractivity contribution in [3.63, 3.8) is 0 Å². The fraction of sp³-hybridized carbons (Fsp3) is 0. The number of nitrogens with zero attached hydrogens (tertiary/aromatic N) is 1. The number of rotatable bonds is 3. The van der Waals surface area contributed by atoms with E-state index in [9.17, 15) is 14.3 Å². The number of benzene rings is 3. The molecule has 3 aromatic carbocycles. The standard InChI is InChI=1S/C20H13FN2O2/c21-14-10-8-13(9-11-14)17-18(20(24)25)23-19(22-17)16-7-3-5-12-4-1-2-6-15(12)16/h1-11H,(H,22,23)(H,24,25).